The van der Waals surface area contributed by atoms with Crippen molar-refractivity contribution in [3.8, 4) is 6.07 Å². The second-order valence-electron chi connectivity index (χ2n) is 8.66. The van der Waals surface area contributed by atoms with Crippen molar-refractivity contribution in [1.82, 2.24) is 9.55 Å². The molecule has 0 amide bonds. The van der Waals surface area contributed by atoms with Crippen molar-refractivity contribution in [3.63, 3.8) is 0 Å². The van der Waals surface area contributed by atoms with Gasteiger partial charge in [-0.05, 0) is 29.7 Å². The van der Waals surface area contributed by atoms with E-state index in [0.717, 1.165) is 12.3 Å². The second kappa shape index (κ2) is 13.1. The first-order valence-electron chi connectivity index (χ1n) is 12.2. The molecule has 2 aromatic carbocycles. The van der Waals surface area contributed by atoms with Crippen molar-refractivity contribution >= 4 is 25.5 Å². The zero-order valence-electron chi connectivity index (χ0n) is 21.5. The number of phosphoric acid groups is 1. The van der Waals surface area contributed by atoms with Gasteiger partial charge in [0.1, 0.15) is 6.10 Å². The first-order valence-corrected chi connectivity index (χ1v) is 13.7. The van der Waals surface area contributed by atoms with Crippen LogP contribution in [0.5, 0.6) is 0 Å². The van der Waals surface area contributed by atoms with E-state index in [0.29, 0.717) is 4.57 Å². The third-order valence-corrected chi connectivity index (χ3v) is 6.75. The number of ether oxygens (including phenoxy) is 2. The highest BCUT2D eigenvalue weighted by Gasteiger charge is 2.63. The zero-order valence-corrected chi connectivity index (χ0v) is 22.4. The van der Waals surface area contributed by atoms with E-state index in [1.165, 1.54) is 36.4 Å². The van der Waals surface area contributed by atoms with Crippen LogP contribution in [0.3, 0.4) is 0 Å². The Hall–Kier alpha value is -4.32. The third-order valence-electron chi connectivity index (χ3n) is 5.77. The van der Waals surface area contributed by atoms with E-state index < -0.39 is 63.0 Å². The van der Waals surface area contributed by atoms with Crippen LogP contribution in [-0.4, -0.2) is 57.7 Å². The monoisotopic (exact) mass is 603 g/mol. The summed E-state index contributed by atoms with van der Waals surface area (Å²) in [6, 6.07) is 17.7. The lowest BCUT2D eigenvalue weighted by molar-refractivity contribution is -0.212. The number of nitriles is 1. The van der Waals surface area contributed by atoms with Crippen LogP contribution < -0.4 is 10.8 Å². The second-order valence-corrected chi connectivity index (χ2v) is 10.1. The molecule has 13 nitrogen and oxygen atoms in total. The van der Waals surface area contributed by atoms with Crippen LogP contribution in [-0.2, 0) is 23.1 Å². The quantitative estimate of drug-likeness (QED) is 0.112. The molecule has 16 heteroatoms. The Morgan fingerprint density at radius 2 is 1.79 bits per heavy atom. The first kappa shape index (κ1) is 30.6. The van der Waals surface area contributed by atoms with Crippen LogP contribution >= 0.6 is 7.82 Å². The van der Waals surface area contributed by atoms with Gasteiger partial charge in [0.05, 0.1) is 31.3 Å². The summed E-state index contributed by atoms with van der Waals surface area (Å²) in [6.07, 6.45) is -6.05. The predicted octanol–water partition coefficient (Wildman–Crippen LogP) is 2.49. The number of hydrogen-bond acceptors (Lipinski definition) is 11. The molecule has 4 atom stereocenters. The molecule has 1 aliphatic heterocycles. The fourth-order valence-electron chi connectivity index (χ4n) is 3.81. The maximum Gasteiger partial charge on any atom is 0.472 e. The Bertz CT molecular complexity index is 1580. The van der Waals surface area contributed by atoms with Crippen LogP contribution in [0.4, 0.5) is 14.6 Å². The largest absolute Gasteiger partial charge is 0.858 e. The first-order chi connectivity index (χ1) is 20.0. The number of alkyl halides is 2. The summed E-state index contributed by atoms with van der Waals surface area (Å²) < 4.78 is 63.8. The van der Waals surface area contributed by atoms with Gasteiger partial charge in [0.15, 0.2) is 11.9 Å². The number of rotatable bonds is 11. The lowest BCUT2D eigenvalue weighted by Crippen LogP contribution is -2.44. The van der Waals surface area contributed by atoms with Crippen LogP contribution in [0.2, 0.25) is 0 Å². The Kier molecular flexibility index (Phi) is 9.56. The number of esters is 1. The van der Waals surface area contributed by atoms with Gasteiger partial charge in [-0.2, -0.15) is 19.0 Å². The molecular weight excluding hydrogens is 581 g/mol. The molecule has 0 saturated carbocycles. The summed E-state index contributed by atoms with van der Waals surface area (Å²) >= 11 is 0. The predicted molar refractivity (Wildman–Crippen MR) is 138 cm³/mol. The summed E-state index contributed by atoms with van der Waals surface area (Å²) in [7, 11) is -4.82. The van der Waals surface area contributed by atoms with Crippen molar-refractivity contribution in [3.05, 3.63) is 94.5 Å². The topological polar surface area (TPSA) is 185 Å². The van der Waals surface area contributed by atoms with Crippen molar-refractivity contribution < 1.29 is 46.7 Å². The summed E-state index contributed by atoms with van der Waals surface area (Å²) in [5.74, 6) is -6.33. The van der Waals surface area contributed by atoms with E-state index in [9.17, 15) is 24.2 Å². The molecule has 3 aromatic rings. The molecule has 1 unspecified atom stereocenters. The molecule has 1 N–H and O–H groups in total. The normalized spacial score (nSPS) is 21.3. The van der Waals surface area contributed by atoms with Gasteiger partial charge in [-0.15, -0.1) is 0 Å². The van der Waals surface area contributed by atoms with E-state index in [2.05, 4.69) is 14.5 Å². The number of halogens is 2. The maximum absolute atomic E-state index is 15.7. The van der Waals surface area contributed by atoms with E-state index in [-0.39, 0.29) is 23.4 Å². The maximum atomic E-state index is 15.7. The van der Waals surface area contributed by atoms with Gasteiger partial charge < -0.3 is 19.5 Å². The van der Waals surface area contributed by atoms with Crippen molar-refractivity contribution in [2.75, 3.05) is 13.2 Å². The average molecular weight is 603 g/mol. The highest BCUT2D eigenvalue weighted by molar-refractivity contribution is 7.47. The zero-order chi connectivity index (χ0) is 30.3. The van der Waals surface area contributed by atoms with E-state index in [4.69, 9.17) is 19.3 Å². The number of nitrogens with zero attached hydrogens (tertiary/aromatic N) is 4. The van der Waals surface area contributed by atoms with Crippen LogP contribution in [0.15, 0.2) is 82.7 Å². The molecule has 1 aliphatic rings. The van der Waals surface area contributed by atoms with E-state index in [1.807, 2.05) is 0 Å². The van der Waals surface area contributed by atoms with Crippen molar-refractivity contribution in [1.29, 1.82) is 5.26 Å². The fourth-order valence-corrected chi connectivity index (χ4v) is 4.54. The molecule has 2 heterocycles. The minimum Gasteiger partial charge on any atom is -0.858 e. The lowest BCUT2D eigenvalue weighted by Gasteiger charge is -2.24. The Labute approximate surface area is 236 Å². The summed E-state index contributed by atoms with van der Waals surface area (Å²) in [6.45, 7) is -1.51. The van der Waals surface area contributed by atoms with E-state index >= 15 is 8.78 Å². The number of carbonyl (C=O) groups is 1. The van der Waals surface area contributed by atoms with Crippen LogP contribution in [0.1, 0.15) is 28.6 Å². The summed E-state index contributed by atoms with van der Waals surface area (Å²) in [4.78, 5) is 42.5. The highest BCUT2D eigenvalue weighted by atomic mass is 31.2. The van der Waals surface area contributed by atoms with Gasteiger partial charge in [-0.25, -0.2) is 19.1 Å². The molecule has 1 saturated heterocycles. The number of hydrogen-bond donors (Lipinski definition) is 1. The van der Waals surface area contributed by atoms with Crippen LogP contribution in [0.25, 0.3) is 0 Å². The van der Waals surface area contributed by atoms with Crippen molar-refractivity contribution in [2.45, 2.75) is 30.8 Å². The molecule has 0 bridgehead atoms. The molecule has 4 rings (SSSR count). The highest BCUT2D eigenvalue weighted by Crippen LogP contribution is 2.48. The van der Waals surface area contributed by atoms with Gasteiger partial charge in [0.2, 0.25) is 6.23 Å². The molecule has 1 fully saturated rings. The summed E-state index contributed by atoms with van der Waals surface area (Å²) in [5, 5.41) is 20.9. The SMILES string of the molecule is N#CCCOP(=O)(O)OC[C@H]1O[C@@H](n2ccc(N=C([O-])c3ccccc3)nc2=O)C(F)(F)[C@@H]1OC(=O)c1ccccc1. The molecular formula is C26H22F2N4O9P-. The standard InChI is InChI=1S/C26H23F2N4O9P/c27-26(28)21(41-23(34)18-10-5-2-6-11-18)19(16-39-42(36,37)38-15-7-13-29)40-24(26)32-14-12-20(31-25(32)35)30-22(33)17-8-3-1-4-9-17/h1-6,8-12,14,19,21,24H,7,15-16H2,(H,36,37)(H,30,31,33,35)/p-1/t19-,21-,24-/m1/s1. The van der Waals surface area contributed by atoms with Crippen molar-refractivity contribution in [2.24, 2.45) is 4.99 Å². The summed E-state index contributed by atoms with van der Waals surface area (Å²) in [5.41, 5.74) is -1.14. The Balaban J connectivity index is 1.60. The minimum atomic E-state index is -4.82. The van der Waals surface area contributed by atoms with Gasteiger partial charge in [0, 0.05) is 6.20 Å². The minimum absolute atomic E-state index is 0.0723. The van der Waals surface area contributed by atoms with Gasteiger partial charge >= 0.3 is 25.4 Å². The lowest BCUT2D eigenvalue weighted by atomic mass is 10.1. The number of phosphoric ester groups is 1. The molecule has 220 valence electrons. The average Bonchev–Trinajstić information content (AvgIpc) is 3.22. The Morgan fingerprint density at radius 3 is 2.40 bits per heavy atom. The third kappa shape index (κ3) is 7.30. The van der Waals surface area contributed by atoms with Crippen LogP contribution in [0, 0.1) is 11.3 Å². The molecule has 42 heavy (non-hydrogen) atoms. The number of benzene rings is 2. The number of aliphatic imine (C=N–C) groups is 1. The van der Waals surface area contributed by atoms with Gasteiger partial charge in [-0.1, -0.05) is 48.5 Å². The number of carbonyl (C=O) groups excluding carboxylic acids is 1. The van der Waals surface area contributed by atoms with Gasteiger partial charge in [0.25, 0.3) is 0 Å². The molecule has 1 aromatic heterocycles. The molecule has 0 aliphatic carbocycles. The fraction of sp³-hybridized carbons (Fsp3) is 0.269. The molecule has 0 spiro atoms. The molecule has 0 radical (unpaired) electrons. The number of aromatic nitrogens is 2. The van der Waals surface area contributed by atoms with E-state index in [1.54, 1.807) is 30.3 Å². The Morgan fingerprint density at radius 1 is 1.14 bits per heavy atom. The van der Waals surface area contributed by atoms with Gasteiger partial charge in [-0.3, -0.25) is 13.6 Å². The smallest absolute Gasteiger partial charge is 0.472 e.